The van der Waals surface area contributed by atoms with Crippen molar-refractivity contribution >= 4 is 22.4 Å². The van der Waals surface area contributed by atoms with E-state index in [1.54, 1.807) is 10.9 Å². The van der Waals surface area contributed by atoms with Gasteiger partial charge in [-0.1, -0.05) is 25.2 Å². The fourth-order valence-corrected chi connectivity index (χ4v) is 3.04. The topological polar surface area (TPSA) is 71.2 Å². The van der Waals surface area contributed by atoms with Gasteiger partial charge in [0.2, 0.25) is 0 Å². The molecule has 2 aromatic rings. The second kappa shape index (κ2) is 6.26. The van der Waals surface area contributed by atoms with E-state index in [4.69, 9.17) is 0 Å². The zero-order chi connectivity index (χ0) is 15.6. The number of hydrogen-bond acceptors (Lipinski definition) is 5. The number of rotatable bonds is 6. The van der Waals surface area contributed by atoms with Gasteiger partial charge >= 0.3 is 5.97 Å². The van der Waals surface area contributed by atoms with E-state index in [9.17, 15) is 9.90 Å². The molecule has 0 amide bonds. The Hall–Kier alpha value is -1.89. The van der Waals surface area contributed by atoms with Crippen LogP contribution in [0.3, 0.4) is 0 Å². The van der Waals surface area contributed by atoms with E-state index in [0.717, 1.165) is 17.1 Å². The van der Waals surface area contributed by atoms with Crippen molar-refractivity contribution in [1.82, 2.24) is 14.8 Å². The molecule has 2 rings (SSSR count). The molecule has 0 spiro atoms. The highest BCUT2D eigenvalue weighted by Gasteiger charge is 2.22. The van der Waals surface area contributed by atoms with Crippen molar-refractivity contribution in [3.63, 3.8) is 0 Å². The summed E-state index contributed by atoms with van der Waals surface area (Å²) >= 11 is 1.23. The Morgan fingerprint density at radius 1 is 1.57 bits per heavy atom. The molecular formula is C14H20N4O2S. The van der Waals surface area contributed by atoms with Gasteiger partial charge in [-0.05, 0) is 12.3 Å². The molecule has 7 heteroatoms. The molecule has 6 nitrogen and oxygen atoms in total. The Balaban J connectivity index is 2.24. The van der Waals surface area contributed by atoms with Crippen molar-refractivity contribution < 1.29 is 9.90 Å². The van der Waals surface area contributed by atoms with Crippen LogP contribution < -0.4 is 4.90 Å². The molecule has 0 aliphatic carbocycles. The Morgan fingerprint density at radius 2 is 2.29 bits per heavy atom. The van der Waals surface area contributed by atoms with E-state index in [1.807, 2.05) is 39.0 Å². The highest BCUT2D eigenvalue weighted by Crippen LogP contribution is 2.32. The van der Waals surface area contributed by atoms with Gasteiger partial charge in [0.1, 0.15) is 4.88 Å². The minimum atomic E-state index is -0.899. The van der Waals surface area contributed by atoms with Gasteiger partial charge in [0, 0.05) is 32.4 Å². The number of aromatic carboxylic acids is 1. The number of hydrogen-bond donors (Lipinski definition) is 1. The quantitative estimate of drug-likeness (QED) is 0.888. The number of carbonyl (C=O) groups is 1. The van der Waals surface area contributed by atoms with Crippen LogP contribution in [0, 0.1) is 0 Å². The standard InChI is InChI=1S/C14H20N4O2S/c1-5-9(2)11-12(13(19)20)21-14(16-11)17(3)7-10-6-15-18(4)8-10/h6,8-9H,5,7H2,1-4H3,(H,19,20). The number of thiazole rings is 1. The fourth-order valence-electron chi connectivity index (χ4n) is 2.06. The first-order chi connectivity index (χ1) is 9.92. The van der Waals surface area contributed by atoms with Crippen molar-refractivity contribution in [3.05, 3.63) is 28.5 Å². The minimum Gasteiger partial charge on any atom is -0.477 e. The molecule has 114 valence electrons. The summed E-state index contributed by atoms with van der Waals surface area (Å²) in [5, 5.41) is 14.2. The molecule has 0 saturated carbocycles. The van der Waals surface area contributed by atoms with Crippen molar-refractivity contribution in [2.75, 3.05) is 11.9 Å². The first kappa shape index (κ1) is 15.5. The molecule has 0 radical (unpaired) electrons. The number of carboxylic acids is 1. The Morgan fingerprint density at radius 3 is 2.81 bits per heavy atom. The molecule has 0 fully saturated rings. The van der Waals surface area contributed by atoms with Gasteiger partial charge in [0.25, 0.3) is 0 Å². The number of anilines is 1. The molecular weight excluding hydrogens is 288 g/mol. The Bertz CT molecular complexity index is 635. The Labute approximate surface area is 128 Å². The van der Waals surface area contributed by atoms with Crippen molar-refractivity contribution in [2.45, 2.75) is 32.7 Å². The minimum absolute atomic E-state index is 0.146. The molecule has 0 aliphatic heterocycles. The lowest BCUT2D eigenvalue weighted by Gasteiger charge is -2.14. The molecule has 21 heavy (non-hydrogen) atoms. The van der Waals surface area contributed by atoms with Gasteiger partial charge in [-0.2, -0.15) is 5.10 Å². The third-order valence-electron chi connectivity index (χ3n) is 3.42. The predicted octanol–water partition coefficient (Wildman–Crippen LogP) is 2.72. The lowest BCUT2D eigenvalue weighted by molar-refractivity contribution is 0.0700. The van der Waals surface area contributed by atoms with Crippen LogP contribution in [0.5, 0.6) is 0 Å². The lowest BCUT2D eigenvalue weighted by Crippen LogP contribution is -2.15. The van der Waals surface area contributed by atoms with Crippen LogP contribution in [0.25, 0.3) is 0 Å². The van der Waals surface area contributed by atoms with E-state index in [1.165, 1.54) is 11.3 Å². The summed E-state index contributed by atoms with van der Waals surface area (Å²) in [6.45, 7) is 4.70. The summed E-state index contributed by atoms with van der Waals surface area (Å²) in [5.74, 6) is -0.753. The van der Waals surface area contributed by atoms with Crippen molar-refractivity contribution in [2.24, 2.45) is 7.05 Å². The third-order valence-corrected chi connectivity index (χ3v) is 4.59. The van der Waals surface area contributed by atoms with E-state index >= 15 is 0 Å². The second-order valence-electron chi connectivity index (χ2n) is 5.20. The van der Waals surface area contributed by atoms with Crippen LogP contribution in [0.4, 0.5) is 5.13 Å². The zero-order valence-electron chi connectivity index (χ0n) is 12.7. The first-order valence-corrected chi connectivity index (χ1v) is 7.66. The maximum atomic E-state index is 11.4. The van der Waals surface area contributed by atoms with Crippen LogP contribution in [0.1, 0.15) is 47.1 Å². The summed E-state index contributed by atoms with van der Waals surface area (Å²) in [7, 11) is 3.79. The molecule has 0 bridgehead atoms. The largest absolute Gasteiger partial charge is 0.477 e. The summed E-state index contributed by atoms with van der Waals surface area (Å²) in [5.41, 5.74) is 1.75. The van der Waals surface area contributed by atoms with Gasteiger partial charge in [-0.15, -0.1) is 0 Å². The van der Waals surface area contributed by atoms with E-state index in [0.29, 0.717) is 17.1 Å². The van der Waals surface area contributed by atoms with E-state index < -0.39 is 5.97 Å². The molecule has 2 heterocycles. The molecule has 0 aliphatic rings. The smallest absolute Gasteiger partial charge is 0.347 e. The molecule has 0 aromatic carbocycles. The van der Waals surface area contributed by atoms with Crippen LogP contribution in [-0.2, 0) is 13.6 Å². The summed E-state index contributed by atoms with van der Waals surface area (Å²) in [6.07, 6.45) is 4.62. The van der Waals surface area contributed by atoms with E-state index in [-0.39, 0.29) is 5.92 Å². The normalized spacial score (nSPS) is 12.4. The molecule has 0 saturated heterocycles. The van der Waals surface area contributed by atoms with Gasteiger partial charge in [-0.3, -0.25) is 4.68 Å². The predicted molar refractivity (Wildman–Crippen MR) is 83.1 cm³/mol. The first-order valence-electron chi connectivity index (χ1n) is 6.85. The number of aromatic nitrogens is 3. The summed E-state index contributed by atoms with van der Waals surface area (Å²) < 4.78 is 1.75. The maximum absolute atomic E-state index is 11.4. The third kappa shape index (κ3) is 3.41. The SMILES string of the molecule is CCC(C)c1nc(N(C)Cc2cnn(C)c2)sc1C(=O)O. The van der Waals surface area contributed by atoms with Gasteiger partial charge in [0.05, 0.1) is 11.9 Å². The number of aryl methyl sites for hydroxylation is 1. The summed E-state index contributed by atoms with van der Waals surface area (Å²) in [6, 6.07) is 0. The lowest BCUT2D eigenvalue weighted by atomic mass is 10.0. The average molecular weight is 308 g/mol. The Kier molecular flexibility index (Phi) is 4.62. The van der Waals surface area contributed by atoms with Crippen molar-refractivity contribution in [1.29, 1.82) is 0 Å². The highest BCUT2D eigenvalue weighted by molar-refractivity contribution is 7.17. The van der Waals surface area contributed by atoms with Crippen LogP contribution in [0.2, 0.25) is 0 Å². The molecule has 1 atom stereocenters. The van der Waals surface area contributed by atoms with Crippen molar-refractivity contribution in [3.8, 4) is 0 Å². The van der Waals surface area contributed by atoms with Crippen LogP contribution >= 0.6 is 11.3 Å². The van der Waals surface area contributed by atoms with Crippen LogP contribution in [0.15, 0.2) is 12.4 Å². The maximum Gasteiger partial charge on any atom is 0.347 e. The number of carboxylic acid groups (broad SMARTS) is 1. The molecule has 2 aromatic heterocycles. The second-order valence-corrected chi connectivity index (χ2v) is 6.18. The van der Waals surface area contributed by atoms with Gasteiger partial charge < -0.3 is 10.0 Å². The monoisotopic (exact) mass is 308 g/mol. The molecule has 1 unspecified atom stereocenters. The van der Waals surface area contributed by atoms with E-state index in [2.05, 4.69) is 10.1 Å². The number of nitrogens with zero attached hydrogens (tertiary/aromatic N) is 4. The fraction of sp³-hybridized carbons (Fsp3) is 0.500. The molecule has 1 N–H and O–H groups in total. The summed E-state index contributed by atoms with van der Waals surface area (Å²) in [4.78, 5) is 18.2. The van der Waals surface area contributed by atoms with Crippen LogP contribution in [-0.4, -0.2) is 32.9 Å². The highest BCUT2D eigenvalue weighted by atomic mass is 32.1. The average Bonchev–Trinajstić information content (AvgIpc) is 3.04. The van der Waals surface area contributed by atoms with Gasteiger partial charge in [0.15, 0.2) is 5.13 Å². The van der Waals surface area contributed by atoms with Gasteiger partial charge in [-0.25, -0.2) is 9.78 Å². The zero-order valence-corrected chi connectivity index (χ0v) is 13.5.